The number of nitrogens with zero attached hydrogens (tertiary/aromatic N) is 3. The highest BCUT2D eigenvalue weighted by molar-refractivity contribution is 7.99. The van der Waals surface area contributed by atoms with E-state index >= 15 is 0 Å². The van der Waals surface area contributed by atoms with Crippen molar-refractivity contribution in [3.05, 3.63) is 52.3 Å². The molecule has 1 atom stereocenters. The Kier molecular flexibility index (Phi) is 6.50. The maximum atomic E-state index is 12.5. The number of halogens is 1. The van der Waals surface area contributed by atoms with Crippen LogP contribution in [0.1, 0.15) is 49.8 Å². The van der Waals surface area contributed by atoms with Gasteiger partial charge in [0, 0.05) is 24.2 Å². The maximum absolute atomic E-state index is 12.5. The molecule has 7 heteroatoms. The summed E-state index contributed by atoms with van der Waals surface area (Å²) in [6, 6.07) is 7.90. The fraction of sp³-hybridized carbons (Fsp3) is 0.476. The molecule has 2 heterocycles. The zero-order valence-corrected chi connectivity index (χ0v) is 18.3. The topological polar surface area (TPSA) is 55.3 Å². The van der Waals surface area contributed by atoms with E-state index in [-0.39, 0.29) is 11.3 Å². The zero-order valence-electron chi connectivity index (χ0n) is 16.7. The Labute approximate surface area is 175 Å². The van der Waals surface area contributed by atoms with E-state index in [9.17, 15) is 4.79 Å². The van der Waals surface area contributed by atoms with Crippen LogP contribution < -0.4 is 0 Å². The van der Waals surface area contributed by atoms with Crippen LogP contribution in [0.4, 0.5) is 4.79 Å². The summed E-state index contributed by atoms with van der Waals surface area (Å²) in [6.45, 7) is 9.04. The van der Waals surface area contributed by atoms with E-state index in [0.29, 0.717) is 13.1 Å². The van der Waals surface area contributed by atoms with Crippen LogP contribution in [-0.4, -0.2) is 39.9 Å². The average molecular weight is 420 g/mol. The van der Waals surface area contributed by atoms with Crippen molar-refractivity contribution in [3.8, 4) is 0 Å². The molecule has 1 amide bonds. The SMILES string of the molecule is CC(Sc1c(Cl)ccc2c1CCN(C(=O)OC(C)(C)C)CC2)c1cccnn1. The number of fused-ring (bicyclic) bond motifs is 1. The Morgan fingerprint density at radius 3 is 2.68 bits per heavy atom. The van der Waals surface area contributed by atoms with Gasteiger partial charge in [-0.1, -0.05) is 17.7 Å². The van der Waals surface area contributed by atoms with Crippen molar-refractivity contribution in [1.82, 2.24) is 15.1 Å². The molecule has 2 aromatic rings. The molecular weight excluding hydrogens is 394 g/mol. The van der Waals surface area contributed by atoms with E-state index in [1.54, 1.807) is 22.9 Å². The first-order valence-corrected chi connectivity index (χ1v) is 10.7. The average Bonchev–Trinajstić information content (AvgIpc) is 2.86. The van der Waals surface area contributed by atoms with Gasteiger partial charge in [0.05, 0.1) is 16.0 Å². The lowest BCUT2D eigenvalue weighted by atomic mass is 10.0. The maximum Gasteiger partial charge on any atom is 0.410 e. The van der Waals surface area contributed by atoms with E-state index in [1.165, 1.54) is 11.1 Å². The first kappa shape index (κ1) is 20.9. The van der Waals surface area contributed by atoms with Crippen LogP contribution in [0, 0.1) is 0 Å². The highest BCUT2D eigenvalue weighted by Crippen LogP contribution is 2.41. The van der Waals surface area contributed by atoms with Crippen LogP contribution in [0.25, 0.3) is 0 Å². The standard InChI is InChI=1S/C21H26ClN3O2S/c1-14(18-6-5-11-23-24-18)28-19-16-10-13-25(20(26)27-21(2,3)4)12-9-15(16)7-8-17(19)22/h5-8,11,14H,9-10,12-13H2,1-4H3. The largest absolute Gasteiger partial charge is 0.444 e. The molecule has 0 N–H and O–H groups in total. The quantitative estimate of drug-likeness (QED) is 0.630. The van der Waals surface area contributed by atoms with Gasteiger partial charge in [0.2, 0.25) is 0 Å². The Morgan fingerprint density at radius 1 is 1.25 bits per heavy atom. The van der Waals surface area contributed by atoms with Crippen LogP contribution in [-0.2, 0) is 17.6 Å². The van der Waals surface area contributed by atoms with Gasteiger partial charge >= 0.3 is 6.09 Å². The van der Waals surface area contributed by atoms with Gasteiger partial charge in [0.1, 0.15) is 5.60 Å². The number of hydrogen-bond donors (Lipinski definition) is 0. The third-order valence-electron chi connectivity index (χ3n) is 4.55. The van der Waals surface area contributed by atoms with E-state index in [1.807, 2.05) is 39.0 Å². The van der Waals surface area contributed by atoms with E-state index < -0.39 is 5.60 Å². The zero-order chi connectivity index (χ0) is 20.3. The normalized spacial score (nSPS) is 15.5. The lowest BCUT2D eigenvalue weighted by molar-refractivity contribution is 0.0258. The molecule has 0 saturated carbocycles. The number of amides is 1. The third kappa shape index (κ3) is 5.17. The highest BCUT2D eigenvalue weighted by Gasteiger charge is 2.26. The molecule has 0 radical (unpaired) electrons. The highest BCUT2D eigenvalue weighted by atomic mass is 35.5. The minimum absolute atomic E-state index is 0.128. The summed E-state index contributed by atoms with van der Waals surface area (Å²) in [7, 11) is 0. The molecule has 150 valence electrons. The molecule has 0 bridgehead atoms. The Hall–Kier alpha value is -1.79. The molecule has 0 fully saturated rings. The smallest absolute Gasteiger partial charge is 0.410 e. The molecule has 1 aliphatic heterocycles. The fourth-order valence-electron chi connectivity index (χ4n) is 3.17. The second-order valence-corrected chi connectivity index (χ2v) is 9.65. The van der Waals surface area contributed by atoms with Crippen LogP contribution >= 0.6 is 23.4 Å². The molecule has 3 rings (SSSR count). The minimum Gasteiger partial charge on any atom is -0.444 e. The van der Waals surface area contributed by atoms with E-state index in [4.69, 9.17) is 16.3 Å². The van der Waals surface area contributed by atoms with Gasteiger partial charge in [-0.25, -0.2) is 4.79 Å². The Bertz CT molecular complexity index is 840. The van der Waals surface area contributed by atoms with Crippen molar-refractivity contribution in [2.75, 3.05) is 13.1 Å². The molecule has 1 aromatic carbocycles. The second-order valence-electron chi connectivity index (χ2n) is 7.89. The van der Waals surface area contributed by atoms with Crippen molar-refractivity contribution >= 4 is 29.5 Å². The van der Waals surface area contributed by atoms with Gasteiger partial charge in [-0.05, 0) is 69.9 Å². The molecule has 0 aliphatic carbocycles. The van der Waals surface area contributed by atoms with E-state index in [0.717, 1.165) is 28.5 Å². The first-order valence-electron chi connectivity index (χ1n) is 9.47. The number of benzene rings is 1. The number of hydrogen-bond acceptors (Lipinski definition) is 5. The lowest BCUT2D eigenvalue weighted by Gasteiger charge is -2.26. The van der Waals surface area contributed by atoms with Gasteiger partial charge in [0.15, 0.2) is 0 Å². The summed E-state index contributed by atoms with van der Waals surface area (Å²) in [5.41, 5.74) is 2.89. The second kappa shape index (κ2) is 8.70. The number of carbonyl (C=O) groups excluding carboxylic acids is 1. The van der Waals surface area contributed by atoms with Crippen LogP contribution in [0.5, 0.6) is 0 Å². The van der Waals surface area contributed by atoms with Crippen molar-refractivity contribution in [3.63, 3.8) is 0 Å². The number of aromatic nitrogens is 2. The number of rotatable bonds is 3. The summed E-state index contributed by atoms with van der Waals surface area (Å²) in [4.78, 5) is 15.4. The van der Waals surface area contributed by atoms with Gasteiger partial charge in [-0.3, -0.25) is 0 Å². The third-order valence-corrected chi connectivity index (χ3v) is 6.27. The van der Waals surface area contributed by atoms with Crippen molar-refractivity contribution in [2.45, 2.75) is 56.3 Å². The minimum atomic E-state index is -0.493. The molecule has 0 saturated heterocycles. The van der Waals surface area contributed by atoms with Crippen molar-refractivity contribution in [1.29, 1.82) is 0 Å². The van der Waals surface area contributed by atoms with Gasteiger partial charge in [-0.15, -0.1) is 11.8 Å². The van der Waals surface area contributed by atoms with Crippen molar-refractivity contribution < 1.29 is 9.53 Å². The first-order chi connectivity index (χ1) is 13.2. The van der Waals surface area contributed by atoms with Gasteiger partial charge < -0.3 is 9.64 Å². The number of carbonyl (C=O) groups is 1. The lowest BCUT2D eigenvalue weighted by Crippen LogP contribution is -2.38. The monoisotopic (exact) mass is 419 g/mol. The predicted octanol–water partition coefficient (Wildman–Crippen LogP) is 5.32. The van der Waals surface area contributed by atoms with Crippen LogP contribution in [0.15, 0.2) is 35.4 Å². The van der Waals surface area contributed by atoms with Crippen molar-refractivity contribution in [2.24, 2.45) is 0 Å². The van der Waals surface area contributed by atoms with Gasteiger partial charge in [0.25, 0.3) is 0 Å². The Morgan fingerprint density at radius 2 is 2.00 bits per heavy atom. The summed E-state index contributed by atoms with van der Waals surface area (Å²) in [5, 5.41) is 9.07. The molecule has 1 unspecified atom stereocenters. The van der Waals surface area contributed by atoms with E-state index in [2.05, 4.69) is 23.2 Å². The summed E-state index contributed by atoms with van der Waals surface area (Å²) in [5.74, 6) is 0. The molecule has 5 nitrogen and oxygen atoms in total. The molecule has 1 aliphatic rings. The van der Waals surface area contributed by atoms with Crippen LogP contribution in [0.3, 0.4) is 0 Å². The van der Waals surface area contributed by atoms with Gasteiger partial charge in [-0.2, -0.15) is 10.2 Å². The molecule has 0 spiro atoms. The molecular formula is C21H26ClN3O2S. The Balaban J connectivity index is 1.79. The number of thioether (sulfide) groups is 1. The molecule has 28 heavy (non-hydrogen) atoms. The summed E-state index contributed by atoms with van der Waals surface area (Å²) in [6.07, 6.45) is 2.96. The molecule has 1 aromatic heterocycles. The number of ether oxygens (including phenoxy) is 1. The predicted molar refractivity (Wildman–Crippen MR) is 113 cm³/mol. The fourth-order valence-corrected chi connectivity index (χ4v) is 4.63. The van der Waals surface area contributed by atoms with Crippen LogP contribution in [0.2, 0.25) is 5.02 Å². The summed E-state index contributed by atoms with van der Waals surface area (Å²) >= 11 is 8.27. The summed E-state index contributed by atoms with van der Waals surface area (Å²) < 4.78 is 5.55.